The van der Waals surface area contributed by atoms with Crippen LogP contribution in [0.25, 0.3) is 0 Å². The molecule has 0 saturated heterocycles. The largest absolute Gasteiger partial charge is 0.396 e. The molecule has 0 radical (unpaired) electrons. The molecule has 16 heavy (non-hydrogen) atoms. The van der Waals surface area contributed by atoms with Crippen molar-refractivity contribution >= 4 is 17.7 Å². The third-order valence-corrected chi connectivity index (χ3v) is 3.09. The lowest BCUT2D eigenvalue weighted by atomic mass is 10.2. The van der Waals surface area contributed by atoms with Crippen LogP contribution in [0.15, 0.2) is 35.2 Å². The van der Waals surface area contributed by atoms with Crippen LogP contribution < -0.4 is 5.32 Å². The van der Waals surface area contributed by atoms with Gasteiger partial charge in [-0.3, -0.25) is 4.79 Å². The number of rotatable bonds is 6. The summed E-state index contributed by atoms with van der Waals surface area (Å²) in [6.07, 6.45) is 0.599. The molecule has 0 aliphatic heterocycles. The molecular formula is C12H17NO2S. The van der Waals surface area contributed by atoms with Crippen LogP contribution in [-0.2, 0) is 4.79 Å². The first-order valence-corrected chi connectivity index (χ1v) is 6.29. The van der Waals surface area contributed by atoms with Gasteiger partial charge in [0.15, 0.2) is 0 Å². The monoisotopic (exact) mass is 239 g/mol. The second-order valence-corrected chi connectivity index (χ2v) is 4.63. The van der Waals surface area contributed by atoms with E-state index in [0.717, 1.165) is 4.90 Å². The van der Waals surface area contributed by atoms with Crippen LogP contribution in [0, 0.1) is 0 Å². The van der Waals surface area contributed by atoms with E-state index in [2.05, 4.69) is 5.32 Å². The Hall–Kier alpha value is -1.00. The van der Waals surface area contributed by atoms with E-state index >= 15 is 0 Å². The Bertz CT molecular complexity index is 316. The number of carbonyl (C=O) groups excluding carboxylic acids is 1. The molecule has 3 nitrogen and oxygen atoms in total. The molecule has 0 aromatic heterocycles. The van der Waals surface area contributed by atoms with Gasteiger partial charge in [0.1, 0.15) is 0 Å². The Morgan fingerprint density at radius 2 is 2.12 bits per heavy atom. The summed E-state index contributed by atoms with van der Waals surface area (Å²) in [6, 6.07) is 9.86. The minimum atomic E-state index is 0.00908. The van der Waals surface area contributed by atoms with E-state index in [4.69, 9.17) is 5.11 Å². The van der Waals surface area contributed by atoms with E-state index in [1.165, 1.54) is 11.8 Å². The van der Waals surface area contributed by atoms with Gasteiger partial charge in [-0.1, -0.05) is 18.2 Å². The molecule has 1 rings (SSSR count). The van der Waals surface area contributed by atoms with Crippen LogP contribution in [0.3, 0.4) is 0 Å². The van der Waals surface area contributed by atoms with Crippen LogP contribution >= 0.6 is 11.8 Å². The van der Waals surface area contributed by atoms with E-state index in [1.54, 1.807) is 0 Å². The average Bonchev–Trinajstić information content (AvgIpc) is 2.28. The lowest BCUT2D eigenvalue weighted by Crippen LogP contribution is -2.34. The van der Waals surface area contributed by atoms with Gasteiger partial charge < -0.3 is 10.4 Å². The summed E-state index contributed by atoms with van der Waals surface area (Å²) in [5, 5.41) is 11.5. The van der Waals surface area contributed by atoms with Gasteiger partial charge in [0.25, 0.3) is 0 Å². The van der Waals surface area contributed by atoms with E-state index in [0.29, 0.717) is 12.2 Å². The minimum absolute atomic E-state index is 0.00908. The Morgan fingerprint density at radius 3 is 2.75 bits per heavy atom. The molecule has 0 saturated carbocycles. The average molecular weight is 239 g/mol. The van der Waals surface area contributed by atoms with Crippen molar-refractivity contribution in [3.05, 3.63) is 30.3 Å². The molecule has 0 aliphatic carbocycles. The van der Waals surface area contributed by atoms with Crippen LogP contribution in [0.2, 0.25) is 0 Å². The van der Waals surface area contributed by atoms with Crippen molar-refractivity contribution in [2.75, 3.05) is 12.4 Å². The summed E-state index contributed by atoms with van der Waals surface area (Å²) >= 11 is 1.51. The lowest BCUT2D eigenvalue weighted by Gasteiger charge is -2.11. The van der Waals surface area contributed by atoms with Crippen molar-refractivity contribution in [1.29, 1.82) is 0 Å². The van der Waals surface area contributed by atoms with Crippen molar-refractivity contribution < 1.29 is 9.90 Å². The van der Waals surface area contributed by atoms with Gasteiger partial charge in [0, 0.05) is 17.5 Å². The third kappa shape index (κ3) is 5.19. The fourth-order valence-corrected chi connectivity index (χ4v) is 1.98. The van der Waals surface area contributed by atoms with Gasteiger partial charge in [0.2, 0.25) is 5.91 Å². The van der Waals surface area contributed by atoms with Gasteiger partial charge in [-0.2, -0.15) is 0 Å². The smallest absolute Gasteiger partial charge is 0.230 e. The van der Waals surface area contributed by atoms with E-state index in [9.17, 15) is 4.79 Å². The zero-order valence-electron chi connectivity index (χ0n) is 9.35. The first-order chi connectivity index (χ1) is 7.72. The third-order valence-electron chi connectivity index (χ3n) is 2.08. The molecule has 1 aromatic rings. The molecule has 1 aromatic carbocycles. The highest BCUT2D eigenvalue weighted by Gasteiger charge is 2.06. The number of benzene rings is 1. The molecule has 88 valence electrons. The van der Waals surface area contributed by atoms with Gasteiger partial charge in [-0.25, -0.2) is 0 Å². The number of aliphatic hydroxyl groups is 1. The standard InChI is InChI=1S/C12H17NO2S/c1-10(7-8-14)13-12(15)9-16-11-5-3-2-4-6-11/h2-6,10,14H,7-9H2,1H3,(H,13,15). The highest BCUT2D eigenvalue weighted by Crippen LogP contribution is 2.16. The molecule has 1 unspecified atom stereocenters. The summed E-state index contributed by atoms with van der Waals surface area (Å²) in [5.41, 5.74) is 0. The highest BCUT2D eigenvalue weighted by atomic mass is 32.2. The molecule has 0 aliphatic rings. The number of thioether (sulfide) groups is 1. The SMILES string of the molecule is CC(CCO)NC(=O)CSc1ccccc1. The zero-order chi connectivity index (χ0) is 11.8. The number of nitrogens with one attached hydrogen (secondary N) is 1. The molecule has 0 fully saturated rings. The van der Waals surface area contributed by atoms with Crippen molar-refractivity contribution in [2.24, 2.45) is 0 Å². The van der Waals surface area contributed by atoms with Gasteiger partial charge >= 0.3 is 0 Å². The second-order valence-electron chi connectivity index (χ2n) is 3.58. The number of aliphatic hydroxyl groups excluding tert-OH is 1. The summed E-state index contributed by atoms with van der Waals surface area (Å²) < 4.78 is 0. The van der Waals surface area contributed by atoms with Gasteiger partial charge in [-0.05, 0) is 25.5 Å². The number of carbonyl (C=O) groups is 1. The Morgan fingerprint density at radius 1 is 1.44 bits per heavy atom. The minimum Gasteiger partial charge on any atom is -0.396 e. The Kier molecular flexibility index (Phi) is 5.96. The molecule has 0 spiro atoms. The molecule has 1 amide bonds. The van der Waals surface area contributed by atoms with Crippen LogP contribution in [0.1, 0.15) is 13.3 Å². The predicted molar refractivity (Wildman–Crippen MR) is 66.5 cm³/mol. The van der Waals surface area contributed by atoms with E-state index in [1.807, 2.05) is 37.3 Å². The summed E-state index contributed by atoms with van der Waals surface area (Å²) in [5.74, 6) is 0.426. The summed E-state index contributed by atoms with van der Waals surface area (Å²) in [6.45, 7) is 1.99. The predicted octanol–water partition coefficient (Wildman–Crippen LogP) is 1.67. The number of hydrogen-bond donors (Lipinski definition) is 2. The zero-order valence-corrected chi connectivity index (χ0v) is 10.2. The van der Waals surface area contributed by atoms with Crippen LogP contribution in [0.5, 0.6) is 0 Å². The van der Waals surface area contributed by atoms with E-state index < -0.39 is 0 Å². The maximum Gasteiger partial charge on any atom is 0.230 e. The topological polar surface area (TPSA) is 49.3 Å². The first-order valence-electron chi connectivity index (χ1n) is 5.30. The van der Waals surface area contributed by atoms with Gasteiger partial charge in [-0.15, -0.1) is 11.8 Å². The summed E-state index contributed by atoms with van der Waals surface area (Å²) in [4.78, 5) is 12.6. The first kappa shape index (κ1) is 13.1. The molecule has 2 N–H and O–H groups in total. The van der Waals surface area contributed by atoms with Crippen molar-refractivity contribution in [3.63, 3.8) is 0 Å². The molecule has 0 heterocycles. The molecule has 1 atom stereocenters. The normalized spacial score (nSPS) is 12.1. The van der Waals surface area contributed by atoms with Crippen LogP contribution in [-0.4, -0.2) is 29.4 Å². The molecule has 4 heteroatoms. The van der Waals surface area contributed by atoms with Crippen LogP contribution in [0.4, 0.5) is 0 Å². The lowest BCUT2D eigenvalue weighted by molar-refractivity contribution is -0.119. The molecule has 0 bridgehead atoms. The van der Waals surface area contributed by atoms with Gasteiger partial charge in [0.05, 0.1) is 5.75 Å². The highest BCUT2D eigenvalue weighted by molar-refractivity contribution is 8.00. The quantitative estimate of drug-likeness (QED) is 0.742. The second kappa shape index (κ2) is 7.30. The fourth-order valence-electron chi connectivity index (χ4n) is 1.25. The Labute approximate surface area is 100 Å². The Balaban J connectivity index is 2.25. The fraction of sp³-hybridized carbons (Fsp3) is 0.417. The van der Waals surface area contributed by atoms with Crippen molar-refractivity contribution in [2.45, 2.75) is 24.3 Å². The summed E-state index contributed by atoms with van der Waals surface area (Å²) in [7, 11) is 0. The number of hydrogen-bond acceptors (Lipinski definition) is 3. The maximum atomic E-state index is 11.5. The molecular weight excluding hydrogens is 222 g/mol. The number of amides is 1. The van der Waals surface area contributed by atoms with E-state index in [-0.39, 0.29) is 18.6 Å². The van der Waals surface area contributed by atoms with Crippen molar-refractivity contribution in [3.8, 4) is 0 Å². The maximum absolute atomic E-state index is 11.5. The van der Waals surface area contributed by atoms with Crippen molar-refractivity contribution in [1.82, 2.24) is 5.32 Å².